The van der Waals surface area contributed by atoms with Crippen molar-refractivity contribution in [2.45, 2.75) is 63.6 Å². The van der Waals surface area contributed by atoms with Gasteiger partial charge in [-0.1, -0.05) is 18.0 Å². The summed E-state index contributed by atoms with van der Waals surface area (Å²) < 4.78 is 1.54. The highest BCUT2D eigenvalue weighted by Crippen LogP contribution is 2.28. The van der Waals surface area contributed by atoms with Gasteiger partial charge in [0.05, 0.1) is 17.3 Å². The molecule has 0 unspecified atom stereocenters. The minimum absolute atomic E-state index is 0.125. The van der Waals surface area contributed by atoms with Crippen LogP contribution in [-0.2, 0) is 6.54 Å². The number of anilines is 1. The van der Waals surface area contributed by atoms with Crippen molar-refractivity contribution in [1.82, 2.24) is 9.78 Å². The number of nitrogens with zero attached hydrogens (tertiary/aromatic N) is 2. The van der Waals surface area contributed by atoms with Crippen LogP contribution in [0.15, 0.2) is 11.0 Å². The zero-order valence-electron chi connectivity index (χ0n) is 12.1. The van der Waals surface area contributed by atoms with Gasteiger partial charge in [0.25, 0.3) is 5.56 Å². The monoisotopic (exact) mass is 311 g/mol. The summed E-state index contributed by atoms with van der Waals surface area (Å²) in [5.74, 6) is 0.578. The van der Waals surface area contributed by atoms with Gasteiger partial charge in [0, 0.05) is 12.6 Å². The van der Waals surface area contributed by atoms with Gasteiger partial charge in [0.2, 0.25) is 0 Å². The second-order valence-corrected chi connectivity index (χ2v) is 6.71. The number of aromatic nitrogens is 2. The van der Waals surface area contributed by atoms with Crippen molar-refractivity contribution in [1.29, 1.82) is 0 Å². The van der Waals surface area contributed by atoms with E-state index >= 15 is 0 Å². The predicted molar refractivity (Wildman–Crippen MR) is 82.7 cm³/mol. The molecule has 2 N–H and O–H groups in total. The number of halogens is 1. The number of hydrogen-bond acceptors (Lipinski definition) is 4. The molecule has 2 aliphatic carbocycles. The molecule has 5 nitrogen and oxygen atoms in total. The van der Waals surface area contributed by atoms with E-state index in [9.17, 15) is 9.90 Å². The Labute approximate surface area is 129 Å². The molecule has 0 atom stereocenters. The van der Waals surface area contributed by atoms with Crippen LogP contribution in [0.2, 0.25) is 5.02 Å². The molecule has 1 heterocycles. The van der Waals surface area contributed by atoms with Crippen LogP contribution < -0.4 is 10.9 Å². The van der Waals surface area contributed by atoms with E-state index in [-0.39, 0.29) is 17.7 Å². The molecule has 2 fully saturated rings. The molecule has 0 spiro atoms. The zero-order valence-corrected chi connectivity index (χ0v) is 12.9. The number of aliphatic hydroxyl groups excluding tert-OH is 1. The topological polar surface area (TPSA) is 67.2 Å². The van der Waals surface area contributed by atoms with Gasteiger partial charge in [0.1, 0.15) is 5.69 Å². The number of rotatable bonds is 4. The molecule has 1 aromatic heterocycles. The van der Waals surface area contributed by atoms with Crippen LogP contribution >= 0.6 is 11.6 Å². The molecule has 0 saturated heterocycles. The SMILES string of the molecule is O=c1c(NC2CCC(O)CC2)c(Cl)cnn1CC1CCC1. The molecule has 0 aromatic carbocycles. The Bertz CT molecular complexity index is 548. The Hall–Kier alpha value is -1.07. The fourth-order valence-electron chi connectivity index (χ4n) is 3.07. The minimum Gasteiger partial charge on any atom is -0.393 e. The molecule has 3 rings (SSSR count). The summed E-state index contributed by atoms with van der Waals surface area (Å²) in [7, 11) is 0. The van der Waals surface area contributed by atoms with Gasteiger partial charge in [-0.15, -0.1) is 0 Å². The first kappa shape index (κ1) is 14.9. The molecule has 2 saturated carbocycles. The second kappa shape index (κ2) is 6.36. The standard InChI is InChI=1S/C15H22ClN3O2/c16-13-8-17-19(9-10-2-1-3-10)15(21)14(13)18-11-4-6-12(20)7-5-11/h8,10-12,18,20H,1-7,9H2. The van der Waals surface area contributed by atoms with E-state index in [0.717, 1.165) is 25.7 Å². The van der Waals surface area contributed by atoms with Crippen molar-refractivity contribution in [3.8, 4) is 0 Å². The van der Waals surface area contributed by atoms with E-state index in [2.05, 4.69) is 10.4 Å². The first-order chi connectivity index (χ1) is 10.1. The Balaban J connectivity index is 1.73. The van der Waals surface area contributed by atoms with Gasteiger partial charge in [-0.05, 0) is 44.4 Å². The molecule has 21 heavy (non-hydrogen) atoms. The van der Waals surface area contributed by atoms with Crippen molar-refractivity contribution >= 4 is 17.3 Å². The summed E-state index contributed by atoms with van der Waals surface area (Å²) in [6, 6.07) is 0.207. The van der Waals surface area contributed by atoms with Gasteiger partial charge >= 0.3 is 0 Å². The Morgan fingerprint density at radius 2 is 2.00 bits per heavy atom. The quantitative estimate of drug-likeness (QED) is 0.896. The van der Waals surface area contributed by atoms with E-state index in [1.807, 2.05) is 0 Å². The normalized spacial score (nSPS) is 26.4. The largest absolute Gasteiger partial charge is 0.393 e. The van der Waals surface area contributed by atoms with E-state index in [0.29, 0.717) is 23.2 Å². The number of hydrogen-bond donors (Lipinski definition) is 2. The highest BCUT2D eigenvalue weighted by atomic mass is 35.5. The van der Waals surface area contributed by atoms with Crippen molar-refractivity contribution in [3.63, 3.8) is 0 Å². The summed E-state index contributed by atoms with van der Waals surface area (Å²) in [5.41, 5.74) is 0.341. The van der Waals surface area contributed by atoms with Gasteiger partial charge in [-0.25, -0.2) is 4.68 Å². The first-order valence-electron chi connectivity index (χ1n) is 7.83. The molecule has 0 aliphatic heterocycles. The average Bonchev–Trinajstić information content (AvgIpc) is 2.43. The lowest BCUT2D eigenvalue weighted by molar-refractivity contribution is 0.126. The van der Waals surface area contributed by atoms with Gasteiger partial charge < -0.3 is 10.4 Å². The molecule has 0 radical (unpaired) electrons. The predicted octanol–water partition coefficient (Wildman–Crippen LogP) is 2.41. The molecule has 0 bridgehead atoms. The van der Waals surface area contributed by atoms with E-state index in [1.165, 1.54) is 23.9 Å². The third kappa shape index (κ3) is 3.40. The molecular formula is C15H22ClN3O2. The van der Waals surface area contributed by atoms with Crippen LogP contribution in [0.5, 0.6) is 0 Å². The Morgan fingerprint density at radius 1 is 1.29 bits per heavy atom. The fraction of sp³-hybridized carbons (Fsp3) is 0.733. The highest BCUT2D eigenvalue weighted by Gasteiger charge is 2.23. The zero-order chi connectivity index (χ0) is 14.8. The lowest BCUT2D eigenvalue weighted by Crippen LogP contribution is -2.34. The maximum Gasteiger partial charge on any atom is 0.291 e. The fourth-order valence-corrected chi connectivity index (χ4v) is 3.25. The van der Waals surface area contributed by atoms with Crippen LogP contribution in [-0.4, -0.2) is 27.0 Å². The maximum absolute atomic E-state index is 12.5. The van der Waals surface area contributed by atoms with Crippen LogP contribution in [0.1, 0.15) is 44.9 Å². The van der Waals surface area contributed by atoms with E-state index < -0.39 is 0 Å². The average molecular weight is 312 g/mol. The van der Waals surface area contributed by atoms with Crippen molar-refractivity contribution in [3.05, 3.63) is 21.6 Å². The van der Waals surface area contributed by atoms with E-state index in [1.54, 1.807) is 6.20 Å². The van der Waals surface area contributed by atoms with Crippen LogP contribution in [0.4, 0.5) is 5.69 Å². The lowest BCUT2D eigenvalue weighted by Gasteiger charge is -2.28. The summed E-state index contributed by atoms with van der Waals surface area (Å²) in [4.78, 5) is 12.5. The summed E-state index contributed by atoms with van der Waals surface area (Å²) >= 11 is 6.15. The second-order valence-electron chi connectivity index (χ2n) is 6.30. The number of nitrogens with one attached hydrogen (secondary N) is 1. The molecule has 1 aromatic rings. The van der Waals surface area contributed by atoms with Crippen LogP contribution in [0.25, 0.3) is 0 Å². The summed E-state index contributed by atoms with van der Waals surface area (Å²) in [5, 5.41) is 17.4. The minimum atomic E-state index is -0.203. The molecule has 116 valence electrons. The number of aliphatic hydroxyl groups is 1. The Kier molecular flexibility index (Phi) is 4.50. The van der Waals surface area contributed by atoms with Crippen molar-refractivity contribution < 1.29 is 5.11 Å². The molecule has 2 aliphatic rings. The van der Waals surface area contributed by atoms with Gasteiger partial charge in [-0.3, -0.25) is 4.79 Å². The van der Waals surface area contributed by atoms with Gasteiger partial charge in [-0.2, -0.15) is 5.10 Å². The van der Waals surface area contributed by atoms with Crippen LogP contribution in [0.3, 0.4) is 0 Å². The lowest BCUT2D eigenvalue weighted by atomic mass is 9.85. The molecular weight excluding hydrogens is 290 g/mol. The smallest absolute Gasteiger partial charge is 0.291 e. The first-order valence-corrected chi connectivity index (χ1v) is 8.21. The third-order valence-corrected chi connectivity index (χ3v) is 4.99. The van der Waals surface area contributed by atoms with Crippen molar-refractivity contribution in [2.75, 3.05) is 5.32 Å². The molecule has 0 amide bonds. The van der Waals surface area contributed by atoms with Gasteiger partial charge in [0.15, 0.2) is 0 Å². The summed E-state index contributed by atoms with van der Waals surface area (Å²) in [6.45, 7) is 0.689. The maximum atomic E-state index is 12.5. The highest BCUT2D eigenvalue weighted by molar-refractivity contribution is 6.33. The van der Waals surface area contributed by atoms with E-state index in [4.69, 9.17) is 11.6 Å². The Morgan fingerprint density at radius 3 is 2.62 bits per heavy atom. The van der Waals surface area contributed by atoms with Crippen LogP contribution in [0, 0.1) is 5.92 Å². The summed E-state index contributed by atoms with van der Waals surface area (Å²) in [6.07, 6.45) is 8.24. The molecule has 6 heteroatoms. The third-order valence-electron chi connectivity index (χ3n) is 4.70. The van der Waals surface area contributed by atoms with Crippen molar-refractivity contribution in [2.24, 2.45) is 5.92 Å².